The van der Waals surface area contributed by atoms with Crippen LogP contribution in [-0.2, 0) is 4.79 Å². The van der Waals surface area contributed by atoms with Crippen LogP contribution in [0, 0.1) is 11.7 Å². The topological polar surface area (TPSA) is 55.1 Å². The fourth-order valence-corrected chi connectivity index (χ4v) is 2.04. The van der Waals surface area contributed by atoms with E-state index in [1.165, 1.54) is 12.1 Å². The number of nitrogens with one attached hydrogen (secondary N) is 1. The Morgan fingerprint density at radius 2 is 2.00 bits per heavy atom. The molecule has 2 unspecified atom stereocenters. The molecular formula is C11H13FN2O. The van der Waals surface area contributed by atoms with Gasteiger partial charge in [-0.25, -0.2) is 4.39 Å². The van der Waals surface area contributed by atoms with E-state index in [2.05, 4.69) is 5.32 Å². The number of rotatable bonds is 2. The summed E-state index contributed by atoms with van der Waals surface area (Å²) in [5.41, 5.74) is 6.27. The van der Waals surface area contributed by atoms with Crippen LogP contribution >= 0.6 is 0 Å². The molecule has 0 saturated carbocycles. The van der Waals surface area contributed by atoms with E-state index in [1.54, 1.807) is 12.1 Å². The van der Waals surface area contributed by atoms with Crippen LogP contribution in [0.1, 0.15) is 11.5 Å². The Kier molecular flexibility index (Phi) is 2.68. The first kappa shape index (κ1) is 10.1. The summed E-state index contributed by atoms with van der Waals surface area (Å²) in [6.45, 7) is 1.33. The van der Waals surface area contributed by atoms with E-state index < -0.39 is 0 Å². The highest BCUT2D eigenvalue weighted by Gasteiger charge is 2.32. The normalized spacial score (nSPS) is 25.4. The van der Waals surface area contributed by atoms with Gasteiger partial charge in [0.05, 0.1) is 5.92 Å². The molecule has 0 aromatic heterocycles. The van der Waals surface area contributed by atoms with Crippen molar-refractivity contribution >= 4 is 5.91 Å². The molecule has 0 aliphatic carbocycles. The zero-order valence-electron chi connectivity index (χ0n) is 8.24. The van der Waals surface area contributed by atoms with Crippen LogP contribution in [0.2, 0.25) is 0 Å². The lowest BCUT2D eigenvalue weighted by atomic mass is 9.88. The van der Waals surface area contributed by atoms with Gasteiger partial charge in [-0.3, -0.25) is 4.79 Å². The summed E-state index contributed by atoms with van der Waals surface area (Å²) < 4.78 is 12.7. The van der Waals surface area contributed by atoms with Crippen molar-refractivity contribution in [3.8, 4) is 0 Å². The number of hydrogen-bond donors (Lipinski definition) is 2. The summed E-state index contributed by atoms with van der Waals surface area (Å²) in [6.07, 6.45) is 0. The summed E-state index contributed by atoms with van der Waals surface area (Å²) in [5.74, 6) is -0.673. The minimum absolute atomic E-state index is 0.0723. The van der Waals surface area contributed by atoms with Crippen LogP contribution in [0.3, 0.4) is 0 Å². The lowest BCUT2D eigenvalue weighted by Gasteiger charge is -2.15. The minimum Gasteiger partial charge on any atom is -0.369 e. The predicted molar refractivity (Wildman–Crippen MR) is 54.7 cm³/mol. The van der Waals surface area contributed by atoms with E-state index in [0.717, 1.165) is 12.1 Å². The molecule has 0 spiro atoms. The second kappa shape index (κ2) is 3.98. The van der Waals surface area contributed by atoms with E-state index in [1.807, 2.05) is 0 Å². The number of primary amides is 1. The maximum Gasteiger partial charge on any atom is 0.222 e. The van der Waals surface area contributed by atoms with Gasteiger partial charge in [-0.2, -0.15) is 0 Å². The van der Waals surface area contributed by atoms with Crippen LogP contribution in [0.15, 0.2) is 24.3 Å². The molecule has 1 saturated heterocycles. The second-order valence-electron chi connectivity index (χ2n) is 3.83. The maximum absolute atomic E-state index is 12.7. The number of benzene rings is 1. The molecule has 15 heavy (non-hydrogen) atoms. The largest absolute Gasteiger partial charge is 0.369 e. The van der Waals surface area contributed by atoms with E-state index in [9.17, 15) is 9.18 Å². The van der Waals surface area contributed by atoms with Gasteiger partial charge in [0.25, 0.3) is 0 Å². The Morgan fingerprint density at radius 3 is 2.60 bits per heavy atom. The molecule has 1 amide bonds. The van der Waals surface area contributed by atoms with Crippen molar-refractivity contribution in [1.82, 2.24) is 5.32 Å². The van der Waals surface area contributed by atoms with Crippen LogP contribution in [0.25, 0.3) is 0 Å². The van der Waals surface area contributed by atoms with Gasteiger partial charge in [0.1, 0.15) is 5.82 Å². The zero-order valence-corrected chi connectivity index (χ0v) is 8.24. The molecule has 2 atom stereocenters. The molecule has 1 aliphatic rings. The van der Waals surface area contributed by atoms with Crippen LogP contribution in [0.5, 0.6) is 0 Å². The molecule has 1 fully saturated rings. The summed E-state index contributed by atoms with van der Waals surface area (Å²) in [6, 6.07) is 6.24. The van der Waals surface area contributed by atoms with E-state index in [0.29, 0.717) is 6.54 Å². The fraction of sp³-hybridized carbons (Fsp3) is 0.364. The third-order valence-electron chi connectivity index (χ3n) is 2.88. The van der Waals surface area contributed by atoms with Crippen molar-refractivity contribution in [3.63, 3.8) is 0 Å². The van der Waals surface area contributed by atoms with Crippen LogP contribution in [0.4, 0.5) is 4.39 Å². The van der Waals surface area contributed by atoms with Gasteiger partial charge in [0.15, 0.2) is 0 Å². The second-order valence-corrected chi connectivity index (χ2v) is 3.83. The number of amides is 1. The minimum atomic E-state index is -0.297. The Morgan fingerprint density at radius 1 is 1.33 bits per heavy atom. The van der Waals surface area contributed by atoms with Crippen LogP contribution < -0.4 is 11.1 Å². The quantitative estimate of drug-likeness (QED) is 0.748. The summed E-state index contributed by atoms with van der Waals surface area (Å²) in [4.78, 5) is 11.2. The maximum atomic E-state index is 12.7. The van der Waals surface area contributed by atoms with Crippen molar-refractivity contribution in [2.45, 2.75) is 5.92 Å². The molecule has 1 heterocycles. The van der Waals surface area contributed by atoms with Crippen molar-refractivity contribution in [2.75, 3.05) is 13.1 Å². The highest BCUT2D eigenvalue weighted by molar-refractivity contribution is 5.78. The molecule has 3 nitrogen and oxygen atoms in total. The van der Waals surface area contributed by atoms with Gasteiger partial charge < -0.3 is 11.1 Å². The molecular weight excluding hydrogens is 195 g/mol. The first-order valence-corrected chi connectivity index (χ1v) is 4.94. The Balaban J connectivity index is 2.22. The van der Waals surface area contributed by atoms with Crippen LogP contribution in [-0.4, -0.2) is 19.0 Å². The predicted octanol–water partition coefficient (Wildman–Crippen LogP) is 0.614. The molecule has 1 aromatic carbocycles. The molecule has 1 aromatic rings. The molecule has 0 radical (unpaired) electrons. The van der Waals surface area contributed by atoms with Gasteiger partial charge in [-0.1, -0.05) is 12.1 Å². The highest BCUT2D eigenvalue weighted by atomic mass is 19.1. The lowest BCUT2D eigenvalue weighted by molar-refractivity contribution is -0.121. The summed E-state index contributed by atoms with van der Waals surface area (Å²) >= 11 is 0. The molecule has 1 aliphatic heterocycles. The first-order valence-electron chi connectivity index (χ1n) is 4.94. The zero-order chi connectivity index (χ0) is 10.8. The fourth-order valence-electron chi connectivity index (χ4n) is 2.04. The van der Waals surface area contributed by atoms with Gasteiger partial charge in [0.2, 0.25) is 5.91 Å². The van der Waals surface area contributed by atoms with Crippen molar-refractivity contribution in [3.05, 3.63) is 35.6 Å². The molecule has 80 valence electrons. The SMILES string of the molecule is NC(=O)C1CNCC1c1ccc(F)cc1. The molecule has 0 bridgehead atoms. The number of halogens is 1. The summed E-state index contributed by atoms with van der Waals surface area (Å²) in [5, 5.41) is 3.12. The van der Waals surface area contributed by atoms with Gasteiger partial charge >= 0.3 is 0 Å². The molecule has 4 heteroatoms. The van der Waals surface area contributed by atoms with Gasteiger partial charge in [-0.15, -0.1) is 0 Å². The van der Waals surface area contributed by atoms with Gasteiger partial charge in [0, 0.05) is 19.0 Å². The lowest BCUT2D eigenvalue weighted by Crippen LogP contribution is -2.28. The number of hydrogen-bond acceptors (Lipinski definition) is 2. The Labute approximate surface area is 87.5 Å². The number of nitrogens with two attached hydrogens (primary N) is 1. The monoisotopic (exact) mass is 208 g/mol. The van der Waals surface area contributed by atoms with Crippen molar-refractivity contribution in [2.24, 2.45) is 11.7 Å². The first-order chi connectivity index (χ1) is 7.18. The third-order valence-corrected chi connectivity index (χ3v) is 2.88. The highest BCUT2D eigenvalue weighted by Crippen LogP contribution is 2.27. The van der Waals surface area contributed by atoms with Gasteiger partial charge in [-0.05, 0) is 17.7 Å². The Bertz CT molecular complexity index is 363. The molecule has 2 rings (SSSR count). The van der Waals surface area contributed by atoms with Crippen molar-refractivity contribution in [1.29, 1.82) is 0 Å². The van der Waals surface area contributed by atoms with E-state index in [-0.39, 0.29) is 23.6 Å². The standard InChI is InChI=1S/C11H13FN2O/c12-8-3-1-7(2-4-8)9-5-14-6-10(9)11(13)15/h1-4,9-10,14H,5-6H2,(H2,13,15). The third kappa shape index (κ3) is 1.99. The van der Waals surface area contributed by atoms with E-state index in [4.69, 9.17) is 5.73 Å². The smallest absolute Gasteiger partial charge is 0.222 e. The number of carbonyl (C=O) groups excluding carboxylic acids is 1. The Hall–Kier alpha value is -1.42. The average Bonchev–Trinajstić information content (AvgIpc) is 2.67. The molecule has 3 N–H and O–H groups in total. The number of carbonyl (C=O) groups is 1. The van der Waals surface area contributed by atoms with Crippen molar-refractivity contribution < 1.29 is 9.18 Å². The van der Waals surface area contributed by atoms with E-state index >= 15 is 0 Å². The summed E-state index contributed by atoms with van der Waals surface area (Å²) in [7, 11) is 0. The average molecular weight is 208 g/mol.